The topological polar surface area (TPSA) is 89.6 Å². The van der Waals surface area contributed by atoms with Gasteiger partial charge in [-0.05, 0) is 26.3 Å². The number of nitrogens with two attached hydrogens (primary N) is 1. The maximum atomic E-state index is 10.2. The maximum absolute atomic E-state index is 10.2. The van der Waals surface area contributed by atoms with Gasteiger partial charge < -0.3 is 15.6 Å². The molecule has 0 heterocycles. The Kier molecular flexibility index (Phi) is 6.49. The van der Waals surface area contributed by atoms with Crippen LogP contribution in [0.5, 0.6) is 0 Å². The number of carboxylic acids is 1. The van der Waals surface area contributed by atoms with E-state index in [9.17, 15) is 9.59 Å². The first-order valence-electron chi connectivity index (χ1n) is 5.45. The van der Waals surface area contributed by atoms with E-state index in [4.69, 9.17) is 10.8 Å². The molecule has 0 atom stereocenters. The molecule has 0 bridgehead atoms. The van der Waals surface area contributed by atoms with Crippen molar-refractivity contribution in [2.24, 2.45) is 5.73 Å². The number of benzene rings is 1. The number of ether oxygens (including phenoxy) is 1. The van der Waals surface area contributed by atoms with Crippen molar-refractivity contribution in [3.63, 3.8) is 0 Å². The standard InChI is InChI=1S/C8H8O2.C5H11NO2/c9-8(10)6-7-4-2-1-3-5-7;1-5(2,3)8-4(6)7/h1-5H,6H2,(H,9,10);1-3H3,(H2,6,7). The van der Waals surface area contributed by atoms with Gasteiger partial charge in [-0.25, -0.2) is 4.79 Å². The molecular formula is C13H19NO4. The SMILES string of the molecule is CC(C)(C)OC(N)=O.O=C(O)Cc1ccccc1. The zero-order chi connectivity index (χ0) is 14.2. The lowest BCUT2D eigenvalue weighted by atomic mass is 10.2. The molecule has 0 unspecified atom stereocenters. The largest absolute Gasteiger partial charge is 0.481 e. The second kappa shape index (κ2) is 7.32. The monoisotopic (exact) mass is 253 g/mol. The van der Waals surface area contributed by atoms with Gasteiger partial charge in [0.05, 0.1) is 6.42 Å². The van der Waals surface area contributed by atoms with Crippen molar-refractivity contribution in [2.45, 2.75) is 32.8 Å². The van der Waals surface area contributed by atoms with Crippen LogP contribution in [0.4, 0.5) is 4.79 Å². The highest BCUT2D eigenvalue weighted by Gasteiger charge is 2.12. The fourth-order valence-electron chi connectivity index (χ4n) is 1.07. The Morgan fingerprint density at radius 2 is 1.72 bits per heavy atom. The van der Waals surface area contributed by atoms with Crippen molar-refractivity contribution < 1.29 is 19.4 Å². The minimum absolute atomic E-state index is 0.112. The van der Waals surface area contributed by atoms with E-state index in [0.717, 1.165) is 5.56 Å². The molecular weight excluding hydrogens is 234 g/mol. The van der Waals surface area contributed by atoms with Crippen LogP contribution in [0.2, 0.25) is 0 Å². The van der Waals surface area contributed by atoms with Gasteiger partial charge in [-0.2, -0.15) is 0 Å². The van der Waals surface area contributed by atoms with E-state index in [1.54, 1.807) is 32.9 Å². The van der Waals surface area contributed by atoms with Crippen LogP contribution in [0.15, 0.2) is 30.3 Å². The summed E-state index contributed by atoms with van der Waals surface area (Å²) in [5, 5.41) is 8.37. The number of aliphatic carboxylic acids is 1. The highest BCUT2D eigenvalue weighted by Crippen LogP contribution is 2.04. The van der Waals surface area contributed by atoms with Gasteiger partial charge in [-0.15, -0.1) is 0 Å². The summed E-state index contributed by atoms with van der Waals surface area (Å²) in [6, 6.07) is 9.13. The van der Waals surface area contributed by atoms with Gasteiger partial charge >= 0.3 is 12.1 Å². The predicted octanol–water partition coefficient (Wildman–Crippen LogP) is 2.19. The minimum atomic E-state index is -0.786. The molecule has 5 heteroatoms. The van der Waals surface area contributed by atoms with Gasteiger partial charge in [-0.3, -0.25) is 4.79 Å². The van der Waals surface area contributed by atoms with Crippen LogP contribution in [0.1, 0.15) is 26.3 Å². The van der Waals surface area contributed by atoms with Crippen LogP contribution >= 0.6 is 0 Å². The zero-order valence-corrected chi connectivity index (χ0v) is 10.8. The van der Waals surface area contributed by atoms with E-state index in [0.29, 0.717) is 0 Å². The molecule has 100 valence electrons. The molecule has 1 amide bonds. The molecule has 0 spiro atoms. The molecule has 3 N–H and O–H groups in total. The number of carboxylic acid groups (broad SMARTS) is 1. The Labute approximate surface area is 107 Å². The van der Waals surface area contributed by atoms with Crippen molar-refractivity contribution >= 4 is 12.1 Å². The van der Waals surface area contributed by atoms with E-state index < -0.39 is 17.7 Å². The summed E-state index contributed by atoms with van der Waals surface area (Å²) in [5.74, 6) is -0.786. The summed E-state index contributed by atoms with van der Waals surface area (Å²) < 4.78 is 4.58. The summed E-state index contributed by atoms with van der Waals surface area (Å²) in [6.45, 7) is 5.28. The molecule has 18 heavy (non-hydrogen) atoms. The summed E-state index contributed by atoms with van der Waals surface area (Å²) >= 11 is 0. The smallest absolute Gasteiger partial charge is 0.405 e. The third-order valence-corrected chi connectivity index (χ3v) is 1.60. The average molecular weight is 253 g/mol. The van der Waals surface area contributed by atoms with Crippen LogP contribution < -0.4 is 5.73 Å². The number of amides is 1. The van der Waals surface area contributed by atoms with Crippen molar-refractivity contribution in [3.8, 4) is 0 Å². The number of carbonyl (C=O) groups excluding carboxylic acids is 1. The lowest BCUT2D eigenvalue weighted by Crippen LogP contribution is -2.27. The van der Waals surface area contributed by atoms with Crippen LogP contribution in [0.3, 0.4) is 0 Å². The molecule has 0 aliphatic carbocycles. The Balaban J connectivity index is 0.000000331. The highest BCUT2D eigenvalue weighted by molar-refractivity contribution is 5.70. The lowest BCUT2D eigenvalue weighted by molar-refractivity contribution is -0.136. The first kappa shape index (κ1) is 16.0. The normalized spacial score (nSPS) is 9.94. The van der Waals surface area contributed by atoms with E-state index in [2.05, 4.69) is 4.74 Å². The predicted molar refractivity (Wildman–Crippen MR) is 68.2 cm³/mol. The Morgan fingerprint density at radius 1 is 1.22 bits per heavy atom. The zero-order valence-electron chi connectivity index (χ0n) is 10.8. The van der Waals surface area contributed by atoms with Gasteiger partial charge in [0.2, 0.25) is 0 Å². The van der Waals surface area contributed by atoms with E-state index in [-0.39, 0.29) is 6.42 Å². The Bertz CT molecular complexity index is 382. The average Bonchev–Trinajstić information content (AvgIpc) is 2.14. The summed E-state index contributed by atoms with van der Waals surface area (Å²) in [7, 11) is 0. The molecule has 1 rings (SSSR count). The number of hydrogen-bond acceptors (Lipinski definition) is 3. The molecule has 0 radical (unpaired) electrons. The van der Waals surface area contributed by atoms with Crippen molar-refractivity contribution in [1.82, 2.24) is 0 Å². The second-order valence-electron chi connectivity index (χ2n) is 4.59. The third kappa shape index (κ3) is 10.5. The van der Waals surface area contributed by atoms with E-state index in [1.807, 2.05) is 18.2 Å². The Morgan fingerprint density at radius 3 is 2.00 bits per heavy atom. The lowest BCUT2D eigenvalue weighted by Gasteiger charge is -2.16. The fraction of sp³-hybridized carbons (Fsp3) is 0.385. The van der Waals surface area contributed by atoms with Crippen LogP contribution in [-0.4, -0.2) is 22.8 Å². The minimum Gasteiger partial charge on any atom is -0.481 e. The highest BCUT2D eigenvalue weighted by atomic mass is 16.6. The van der Waals surface area contributed by atoms with Gasteiger partial charge in [-0.1, -0.05) is 30.3 Å². The summed E-state index contributed by atoms with van der Waals surface area (Å²) in [6.07, 6.45) is -0.613. The maximum Gasteiger partial charge on any atom is 0.405 e. The second-order valence-corrected chi connectivity index (χ2v) is 4.59. The molecule has 0 saturated heterocycles. The number of primary amides is 1. The molecule has 1 aromatic rings. The molecule has 0 saturated carbocycles. The van der Waals surface area contributed by atoms with Crippen LogP contribution in [-0.2, 0) is 16.0 Å². The summed E-state index contributed by atoms with van der Waals surface area (Å²) in [4.78, 5) is 20.2. The number of carbonyl (C=O) groups is 2. The van der Waals surface area contributed by atoms with Gasteiger partial charge in [0.15, 0.2) is 0 Å². The summed E-state index contributed by atoms with van der Waals surface area (Å²) in [5.41, 5.74) is 5.11. The van der Waals surface area contributed by atoms with Crippen LogP contribution in [0.25, 0.3) is 0 Å². The van der Waals surface area contributed by atoms with Gasteiger partial charge in [0.25, 0.3) is 0 Å². The molecule has 0 fully saturated rings. The van der Waals surface area contributed by atoms with Crippen molar-refractivity contribution in [1.29, 1.82) is 0 Å². The fourth-order valence-corrected chi connectivity index (χ4v) is 1.07. The first-order chi connectivity index (χ1) is 8.20. The molecule has 5 nitrogen and oxygen atoms in total. The number of rotatable bonds is 2. The third-order valence-electron chi connectivity index (χ3n) is 1.60. The van der Waals surface area contributed by atoms with Crippen molar-refractivity contribution in [2.75, 3.05) is 0 Å². The molecule has 1 aromatic carbocycles. The molecule has 0 aliphatic heterocycles. The molecule has 0 aromatic heterocycles. The van der Waals surface area contributed by atoms with E-state index in [1.165, 1.54) is 0 Å². The van der Waals surface area contributed by atoms with Gasteiger partial charge in [0, 0.05) is 0 Å². The van der Waals surface area contributed by atoms with E-state index >= 15 is 0 Å². The van der Waals surface area contributed by atoms with Crippen molar-refractivity contribution in [3.05, 3.63) is 35.9 Å². The van der Waals surface area contributed by atoms with Crippen LogP contribution in [0, 0.1) is 0 Å². The molecule has 0 aliphatic rings. The number of hydrogen-bond donors (Lipinski definition) is 2. The first-order valence-corrected chi connectivity index (χ1v) is 5.45. The Hall–Kier alpha value is -2.04. The van der Waals surface area contributed by atoms with Gasteiger partial charge in [0.1, 0.15) is 5.60 Å². The quantitative estimate of drug-likeness (QED) is 0.845.